The number of aromatic nitrogens is 1. The number of pyridine rings is 1. The van der Waals surface area contributed by atoms with Gasteiger partial charge in [0.15, 0.2) is 0 Å². The van der Waals surface area contributed by atoms with E-state index in [4.69, 9.17) is 5.73 Å². The van der Waals surface area contributed by atoms with Crippen LogP contribution in [0.2, 0.25) is 0 Å². The van der Waals surface area contributed by atoms with E-state index in [0.717, 1.165) is 31.7 Å². The van der Waals surface area contributed by atoms with Crippen molar-refractivity contribution in [3.63, 3.8) is 0 Å². The van der Waals surface area contributed by atoms with Gasteiger partial charge in [0.1, 0.15) is 5.82 Å². The zero-order chi connectivity index (χ0) is 16.3. The van der Waals surface area contributed by atoms with Gasteiger partial charge in [-0.3, -0.25) is 9.59 Å². The molecule has 140 valence electrons. The molecule has 7 nitrogen and oxygen atoms in total. The molecular weight excluding hydrogens is 365 g/mol. The highest BCUT2D eigenvalue weighted by molar-refractivity contribution is 5.89. The average molecular weight is 390 g/mol. The van der Waals surface area contributed by atoms with Crippen LogP contribution in [0.5, 0.6) is 0 Å². The largest absolute Gasteiger partial charge is 0.354 e. The number of nitrogens with zero attached hydrogens (tertiary/aromatic N) is 3. The van der Waals surface area contributed by atoms with E-state index < -0.39 is 5.54 Å². The maximum absolute atomic E-state index is 12.2. The summed E-state index contributed by atoms with van der Waals surface area (Å²) in [4.78, 5) is 32.3. The molecule has 0 atom stereocenters. The van der Waals surface area contributed by atoms with Crippen molar-refractivity contribution in [3.8, 4) is 0 Å². The van der Waals surface area contributed by atoms with Gasteiger partial charge < -0.3 is 20.9 Å². The summed E-state index contributed by atoms with van der Waals surface area (Å²) in [5.74, 6) is 0.891. The van der Waals surface area contributed by atoms with Crippen molar-refractivity contribution in [2.45, 2.75) is 24.8 Å². The lowest BCUT2D eigenvalue weighted by atomic mass is 10.2. The normalized spacial score (nSPS) is 17.8. The highest BCUT2D eigenvalue weighted by Crippen LogP contribution is 2.31. The number of anilines is 1. The Bertz CT molecular complexity index is 575. The maximum atomic E-state index is 12.2. The summed E-state index contributed by atoms with van der Waals surface area (Å²) in [6, 6.07) is 5.84. The van der Waals surface area contributed by atoms with E-state index in [9.17, 15) is 9.59 Å². The first-order valence-corrected chi connectivity index (χ1v) is 8.09. The minimum atomic E-state index is -0.669. The fourth-order valence-corrected chi connectivity index (χ4v) is 2.70. The fourth-order valence-electron chi connectivity index (χ4n) is 2.70. The van der Waals surface area contributed by atoms with Gasteiger partial charge in [-0.25, -0.2) is 4.98 Å². The van der Waals surface area contributed by atoms with Crippen LogP contribution < -0.4 is 16.0 Å². The molecule has 9 heteroatoms. The lowest BCUT2D eigenvalue weighted by molar-refractivity contribution is -0.131. The van der Waals surface area contributed by atoms with Crippen LogP contribution in [-0.4, -0.2) is 60.0 Å². The third kappa shape index (κ3) is 5.45. The molecule has 0 spiro atoms. The van der Waals surface area contributed by atoms with E-state index in [1.165, 1.54) is 0 Å². The number of nitrogens with two attached hydrogens (primary N) is 1. The standard InChI is InChI=1S/C16H23N5O2.2ClH/c17-16(5-6-16)15(23)19-8-4-14(22)21-11-9-20(10-12-21)13-3-1-2-7-18-13;;/h1-3,7H,4-6,8-12,17H2,(H,19,23);2*1H. The molecule has 0 radical (unpaired) electrons. The number of piperazine rings is 1. The van der Waals surface area contributed by atoms with E-state index in [1.54, 1.807) is 6.20 Å². The number of carbonyl (C=O) groups excluding carboxylic acids is 2. The molecule has 2 amide bonds. The van der Waals surface area contributed by atoms with Crippen LogP contribution in [0.15, 0.2) is 24.4 Å². The van der Waals surface area contributed by atoms with Gasteiger partial charge in [0.25, 0.3) is 0 Å². The van der Waals surface area contributed by atoms with Gasteiger partial charge in [0, 0.05) is 45.3 Å². The van der Waals surface area contributed by atoms with Crippen LogP contribution in [0.4, 0.5) is 5.82 Å². The first-order chi connectivity index (χ1) is 11.1. The minimum absolute atomic E-state index is 0. The third-order valence-electron chi connectivity index (χ3n) is 4.47. The molecule has 0 unspecified atom stereocenters. The second-order valence-corrected chi connectivity index (χ2v) is 6.22. The molecule has 25 heavy (non-hydrogen) atoms. The Balaban J connectivity index is 0.00000156. The molecule has 0 bridgehead atoms. The Hall–Kier alpha value is -1.57. The van der Waals surface area contributed by atoms with E-state index in [-0.39, 0.29) is 36.6 Å². The van der Waals surface area contributed by atoms with Gasteiger partial charge in [0.05, 0.1) is 5.54 Å². The van der Waals surface area contributed by atoms with Crippen molar-refractivity contribution in [3.05, 3.63) is 24.4 Å². The summed E-state index contributed by atoms with van der Waals surface area (Å²) >= 11 is 0. The first-order valence-electron chi connectivity index (χ1n) is 8.09. The molecule has 3 rings (SSSR count). The highest BCUT2D eigenvalue weighted by Gasteiger charge is 2.45. The lowest BCUT2D eigenvalue weighted by Gasteiger charge is -2.35. The number of halogens is 2. The predicted octanol–water partition coefficient (Wildman–Crippen LogP) is 0.571. The summed E-state index contributed by atoms with van der Waals surface area (Å²) in [7, 11) is 0. The highest BCUT2D eigenvalue weighted by atomic mass is 35.5. The number of hydrogen-bond donors (Lipinski definition) is 2. The van der Waals surface area contributed by atoms with Gasteiger partial charge in [-0.05, 0) is 25.0 Å². The van der Waals surface area contributed by atoms with Crippen molar-refractivity contribution in [1.29, 1.82) is 0 Å². The summed E-state index contributed by atoms with van der Waals surface area (Å²) in [6.07, 6.45) is 3.58. The Labute approximate surface area is 160 Å². The first kappa shape index (κ1) is 21.5. The van der Waals surface area contributed by atoms with Gasteiger partial charge in [-0.2, -0.15) is 0 Å². The van der Waals surface area contributed by atoms with E-state index in [2.05, 4.69) is 15.2 Å². The van der Waals surface area contributed by atoms with Crippen molar-refractivity contribution >= 4 is 42.4 Å². The van der Waals surface area contributed by atoms with Gasteiger partial charge in [-0.15, -0.1) is 24.8 Å². The number of rotatable bonds is 5. The van der Waals surface area contributed by atoms with Gasteiger partial charge in [0.2, 0.25) is 11.8 Å². The van der Waals surface area contributed by atoms with Crippen molar-refractivity contribution in [2.75, 3.05) is 37.6 Å². The SMILES string of the molecule is Cl.Cl.NC1(C(=O)NCCC(=O)N2CCN(c3ccccn3)CC2)CC1. The maximum Gasteiger partial charge on any atom is 0.240 e. The quantitative estimate of drug-likeness (QED) is 0.767. The molecule has 1 aromatic heterocycles. The summed E-state index contributed by atoms with van der Waals surface area (Å²) in [6.45, 7) is 3.29. The Morgan fingerprint density at radius 3 is 2.40 bits per heavy atom. The van der Waals surface area contributed by atoms with Crippen molar-refractivity contribution in [1.82, 2.24) is 15.2 Å². The Kier molecular flexibility index (Phi) is 7.92. The number of hydrogen-bond acceptors (Lipinski definition) is 5. The Morgan fingerprint density at radius 2 is 1.84 bits per heavy atom. The van der Waals surface area contributed by atoms with E-state index in [0.29, 0.717) is 26.1 Å². The molecule has 2 aliphatic rings. The summed E-state index contributed by atoms with van der Waals surface area (Å²) in [5, 5.41) is 2.76. The summed E-state index contributed by atoms with van der Waals surface area (Å²) in [5.41, 5.74) is 5.13. The van der Waals surface area contributed by atoms with Crippen LogP contribution >= 0.6 is 24.8 Å². The minimum Gasteiger partial charge on any atom is -0.354 e. The number of amides is 2. The van der Waals surface area contributed by atoms with Crippen LogP contribution in [0.25, 0.3) is 0 Å². The van der Waals surface area contributed by atoms with Gasteiger partial charge in [-0.1, -0.05) is 6.07 Å². The second-order valence-electron chi connectivity index (χ2n) is 6.22. The topological polar surface area (TPSA) is 91.6 Å². The zero-order valence-corrected chi connectivity index (χ0v) is 15.7. The molecule has 1 aromatic rings. The Morgan fingerprint density at radius 1 is 1.16 bits per heavy atom. The van der Waals surface area contributed by atoms with Crippen molar-refractivity contribution in [2.24, 2.45) is 5.73 Å². The molecule has 2 heterocycles. The third-order valence-corrected chi connectivity index (χ3v) is 4.47. The van der Waals surface area contributed by atoms with Crippen LogP contribution in [-0.2, 0) is 9.59 Å². The monoisotopic (exact) mass is 389 g/mol. The molecule has 0 aromatic carbocycles. The zero-order valence-electron chi connectivity index (χ0n) is 14.0. The second kappa shape index (κ2) is 9.22. The summed E-state index contributed by atoms with van der Waals surface area (Å²) < 4.78 is 0. The predicted molar refractivity (Wildman–Crippen MR) is 101 cm³/mol. The number of carbonyl (C=O) groups is 2. The molecular formula is C16H25Cl2N5O2. The molecule has 3 N–H and O–H groups in total. The van der Waals surface area contributed by atoms with Crippen LogP contribution in [0.3, 0.4) is 0 Å². The lowest BCUT2D eigenvalue weighted by Crippen LogP contribution is -2.50. The van der Waals surface area contributed by atoms with Crippen molar-refractivity contribution < 1.29 is 9.59 Å². The van der Waals surface area contributed by atoms with Gasteiger partial charge >= 0.3 is 0 Å². The average Bonchev–Trinajstić information content (AvgIpc) is 3.34. The number of nitrogens with one attached hydrogen (secondary N) is 1. The molecule has 1 saturated heterocycles. The molecule has 1 aliphatic heterocycles. The fraction of sp³-hybridized carbons (Fsp3) is 0.562. The molecule has 2 fully saturated rings. The van der Waals surface area contributed by atoms with Crippen LogP contribution in [0.1, 0.15) is 19.3 Å². The molecule has 1 aliphatic carbocycles. The van der Waals surface area contributed by atoms with Crippen LogP contribution in [0, 0.1) is 0 Å². The van der Waals surface area contributed by atoms with E-state index in [1.807, 2.05) is 23.1 Å². The molecule has 1 saturated carbocycles. The smallest absolute Gasteiger partial charge is 0.240 e. The van der Waals surface area contributed by atoms with E-state index >= 15 is 0 Å².